The van der Waals surface area contributed by atoms with Gasteiger partial charge in [-0.1, -0.05) is 41.5 Å². The minimum absolute atomic E-state index is 0.616. The maximum absolute atomic E-state index is 4.85. The van der Waals surface area contributed by atoms with E-state index >= 15 is 0 Å². The van der Waals surface area contributed by atoms with E-state index in [2.05, 4.69) is 63.3 Å². The molecular formula is C23H36N4. The zero-order valence-corrected chi connectivity index (χ0v) is 17.9. The smallest absolute Gasteiger partial charge is 0.133 e. The summed E-state index contributed by atoms with van der Waals surface area (Å²) >= 11 is 0. The lowest BCUT2D eigenvalue weighted by Crippen LogP contribution is -2.25. The van der Waals surface area contributed by atoms with Gasteiger partial charge in [-0.25, -0.2) is 9.36 Å². The van der Waals surface area contributed by atoms with Crippen LogP contribution < -0.4 is 0 Å². The Labute approximate surface area is 164 Å². The van der Waals surface area contributed by atoms with Crippen LogP contribution in [0.25, 0.3) is 0 Å². The lowest BCUT2D eigenvalue weighted by molar-refractivity contribution is 0.348. The van der Waals surface area contributed by atoms with Crippen molar-refractivity contribution in [2.75, 3.05) is 0 Å². The SMILES string of the molecule is CC(C)[C@H]1CC[C@@H](C)c2cnn(Cn3ncc4c3[C@@H](C(C)C)CC[C@@H]4C)c21. The maximum atomic E-state index is 4.85. The Bertz CT molecular complexity index is 731. The molecular weight excluding hydrogens is 332 g/mol. The summed E-state index contributed by atoms with van der Waals surface area (Å²) in [6.07, 6.45) is 9.39. The second kappa shape index (κ2) is 7.10. The minimum Gasteiger partial charge on any atom is -0.247 e. The van der Waals surface area contributed by atoms with Crippen LogP contribution >= 0.6 is 0 Å². The van der Waals surface area contributed by atoms with E-state index in [0.29, 0.717) is 35.5 Å². The summed E-state index contributed by atoms with van der Waals surface area (Å²) in [6.45, 7) is 14.9. The summed E-state index contributed by atoms with van der Waals surface area (Å²) in [4.78, 5) is 0. The summed E-state index contributed by atoms with van der Waals surface area (Å²) < 4.78 is 4.53. The average Bonchev–Trinajstić information content (AvgIpc) is 3.22. The molecule has 4 atom stereocenters. The largest absolute Gasteiger partial charge is 0.247 e. The minimum atomic E-state index is 0.616. The number of rotatable bonds is 4. The van der Waals surface area contributed by atoms with Gasteiger partial charge >= 0.3 is 0 Å². The fourth-order valence-corrected chi connectivity index (χ4v) is 5.48. The van der Waals surface area contributed by atoms with Crippen molar-refractivity contribution in [3.63, 3.8) is 0 Å². The van der Waals surface area contributed by atoms with Crippen molar-refractivity contribution in [2.45, 2.75) is 97.6 Å². The highest BCUT2D eigenvalue weighted by atomic mass is 15.4. The molecule has 0 aromatic carbocycles. The van der Waals surface area contributed by atoms with Gasteiger partial charge in [0.1, 0.15) is 6.67 Å². The summed E-state index contributed by atoms with van der Waals surface area (Å²) in [6, 6.07) is 0. The van der Waals surface area contributed by atoms with Crippen LogP contribution in [-0.4, -0.2) is 19.6 Å². The Morgan fingerprint density at radius 3 is 1.56 bits per heavy atom. The first-order valence-electron chi connectivity index (χ1n) is 11.0. The van der Waals surface area contributed by atoms with Crippen LogP contribution in [0.5, 0.6) is 0 Å². The molecule has 4 nitrogen and oxygen atoms in total. The number of hydrogen-bond acceptors (Lipinski definition) is 2. The van der Waals surface area contributed by atoms with Crippen LogP contribution in [0.3, 0.4) is 0 Å². The Morgan fingerprint density at radius 2 is 1.19 bits per heavy atom. The van der Waals surface area contributed by atoms with Crippen molar-refractivity contribution in [2.24, 2.45) is 11.8 Å². The van der Waals surface area contributed by atoms with Crippen molar-refractivity contribution in [3.05, 3.63) is 34.9 Å². The normalized spacial score (nSPS) is 27.9. The van der Waals surface area contributed by atoms with Crippen molar-refractivity contribution in [1.82, 2.24) is 19.6 Å². The molecule has 0 fully saturated rings. The van der Waals surface area contributed by atoms with Gasteiger partial charge in [0.15, 0.2) is 0 Å². The van der Waals surface area contributed by atoms with E-state index in [1.807, 2.05) is 0 Å². The predicted molar refractivity (Wildman–Crippen MR) is 110 cm³/mol. The Morgan fingerprint density at radius 1 is 0.778 bits per heavy atom. The van der Waals surface area contributed by atoms with Gasteiger partial charge in [-0.2, -0.15) is 10.2 Å². The second-order valence-electron chi connectivity index (χ2n) is 9.77. The fourth-order valence-electron chi connectivity index (χ4n) is 5.48. The van der Waals surface area contributed by atoms with Crippen LogP contribution in [-0.2, 0) is 6.67 Å². The molecule has 0 radical (unpaired) electrons. The lowest BCUT2D eigenvalue weighted by atomic mass is 9.76. The molecule has 4 heteroatoms. The third-order valence-corrected chi connectivity index (χ3v) is 7.28. The van der Waals surface area contributed by atoms with Gasteiger partial charge in [0.05, 0.1) is 12.4 Å². The fraction of sp³-hybridized carbons (Fsp3) is 0.739. The van der Waals surface area contributed by atoms with Crippen molar-refractivity contribution in [1.29, 1.82) is 0 Å². The van der Waals surface area contributed by atoms with Crippen LogP contribution in [0.2, 0.25) is 0 Å². The highest BCUT2D eigenvalue weighted by Crippen LogP contribution is 2.44. The zero-order chi connectivity index (χ0) is 19.3. The molecule has 0 unspecified atom stereocenters. The number of hydrogen-bond donors (Lipinski definition) is 0. The first-order chi connectivity index (χ1) is 12.9. The van der Waals surface area contributed by atoms with Gasteiger partial charge in [0, 0.05) is 23.2 Å². The number of fused-ring (bicyclic) bond motifs is 2. The summed E-state index contributed by atoms with van der Waals surface area (Å²) in [5, 5.41) is 9.70. The van der Waals surface area contributed by atoms with Gasteiger partial charge < -0.3 is 0 Å². The van der Waals surface area contributed by atoms with Crippen molar-refractivity contribution >= 4 is 0 Å². The Hall–Kier alpha value is -1.58. The molecule has 0 saturated heterocycles. The van der Waals surface area contributed by atoms with Gasteiger partial charge in [-0.15, -0.1) is 0 Å². The van der Waals surface area contributed by atoms with Gasteiger partial charge in [-0.3, -0.25) is 0 Å². The summed E-state index contributed by atoms with van der Waals surface area (Å²) in [5.74, 6) is 3.79. The topological polar surface area (TPSA) is 35.6 Å². The summed E-state index contributed by atoms with van der Waals surface area (Å²) in [5.41, 5.74) is 5.88. The van der Waals surface area contributed by atoms with E-state index in [-0.39, 0.29) is 0 Å². The molecule has 4 rings (SSSR count). The number of nitrogens with zero attached hydrogens (tertiary/aromatic N) is 4. The van der Waals surface area contributed by atoms with E-state index in [1.165, 1.54) is 48.2 Å². The van der Waals surface area contributed by atoms with E-state index in [0.717, 1.165) is 6.67 Å². The van der Waals surface area contributed by atoms with Gasteiger partial charge in [0.25, 0.3) is 0 Å². The molecule has 2 aliphatic carbocycles. The molecule has 2 heterocycles. The zero-order valence-electron chi connectivity index (χ0n) is 17.9. The molecule has 0 saturated carbocycles. The van der Waals surface area contributed by atoms with Crippen LogP contribution in [0.15, 0.2) is 12.4 Å². The van der Waals surface area contributed by atoms with Crippen molar-refractivity contribution < 1.29 is 0 Å². The van der Waals surface area contributed by atoms with E-state index in [4.69, 9.17) is 10.2 Å². The molecule has 0 N–H and O–H groups in total. The van der Waals surface area contributed by atoms with Crippen LogP contribution in [0, 0.1) is 11.8 Å². The maximum Gasteiger partial charge on any atom is 0.133 e. The average molecular weight is 369 g/mol. The molecule has 27 heavy (non-hydrogen) atoms. The molecule has 0 bridgehead atoms. The molecule has 2 aliphatic rings. The first-order valence-corrected chi connectivity index (χ1v) is 11.0. The standard InChI is InChI=1S/C23H36N4/c1-14(2)18-9-7-16(5)20-11-24-26(22(18)20)13-27-23-19(15(3)4)10-8-17(6)21(23)12-25-27/h11-12,14-19H,7-10,13H2,1-6H3/t16-,17+,18-,19-/m1/s1. The third kappa shape index (κ3) is 3.15. The highest BCUT2D eigenvalue weighted by molar-refractivity contribution is 5.31. The molecule has 0 spiro atoms. The molecule has 2 aromatic rings. The monoisotopic (exact) mass is 368 g/mol. The predicted octanol–water partition coefficient (Wildman–Crippen LogP) is 5.86. The molecule has 148 valence electrons. The van der Waals surface area contributed by atoms with E-state index in [1.54, 1.807) is 0 Å². The van der Waals surface area contributed by atoms with Crippen molar-refractivity contribution in [3.8, 4) is 0 Å². The van der Waals surface area contributed by atoms with Crippen LogP contribution in [0.4, 0.5) is 0 Å². The van der Waals surface area contributed by atoms with Gasteiger partial charge in [0.2, 0.25) is 0 Å². The second-order valence-corrected chi connectivity index (χ2v) is 9.77. The van der Waals surface area contributed by atoms with Gasteiger partial charge in [-0.05, 0) is 60.5 Å². The summed E-state index contributed by atoms with van der Waals surface area (Å²) in [7, 11) is 0. The highest BCUT2D eigenvalue weighted by Gasteiger charge is 2.33. The lowest BCUT2D eigenvalue weighted by Gasteiger charge is -2.32. The third-order valence-electron chi connectivity index (χ3n) is 7.28. The quantitative estimate of drug-likeness (QED) is 0.677. The molecule has 0 aliphatic heterocycles. The molecule has 2 aromatic heterocycles. The Kier molecular flexibility index (Phi) is 4.94. The molecule has 0 amide bonds. The first kappa shape index (κ1) is 18.8. The van der Waals surface area contributed by atoms with E-state index < -0.39 is 0 Å². The van der Waals surface area contributed by atoms with E-state index in [9.17, 15) is 0 Å². The number of aromatic nitrogens is 4. The van der Waals surface area contributed by atoms with Crippen LogP contribution in [0.1, 0.15) is 113 Å². The Balaban J connectivity index is 1.73.